The summed E-state index contributed by atoms with van der Waals surface area (Å²) in [6, 6.07) is 8.23. The van der Waals surface area contributed by atoms with E-state index in [1.165, 1.54) is 28.6 Å². The van der Waals surface area contributed by atoms with Crippen LogP contribution in [0.2, 0.25) is 0 Å². The van der Waals surface area contributed by atoms with Gasteiger partial charge in [0.05, 0.1) is 4.90 Å². The first-order valence-electron chi connectivity index (χ1n) is 10.3. The summed E-state index contributed by atoms with van der Waals surface area (Å²) >= 11 is 0. The van der Waals surface area contributed by atoms with E-state index in [-0.39, 0.29) is 23.2 Å². The Morgan fingerprint density at radius 1 is 1.03 bits per heavy atom. The zero-order valence-corrected chi connectivity index (χ0v) is 18.4. The molecule has 0 bridgehead atoms. The van der Waals surface area contributed by atoms with Gasteiger partial charge in [-0.05, 0) is 74.2 Å². The Bertz CT molecular complexity index is 1090. The third-order valence-corrected chi connectivity index (χ3v) is 7.48. The van der Waals surface area contributed by atoms with Gasteiger partial charge in [-0.2, -0.15) is 4.31 Å². The summed E-state index contributed by atoms with van der Waals surface area (Å²) in [5.74, 6) is -2.73. The third-order valence-electron chi connectivity index (χ3n) is 5.37. The van der Waals surface area contributed by atoms with Crippen LogP contribution in [0.25, 0.3) is 0 Å². The number of amides is 2. The van der Waals surface area contributed by atoms with Gasteiger partial charge >= 0.3 is 11.8 Å². The number of hydrogen-bond acceptors (Lipinski definition) is 4. The largest absolute Gasteiger partial charge is 0.348 e. The van der Waals surface area contributed by atoms with Gasteiger partial charge in [0.15, 0.2) is 0 Å². The summed E-state index contributed by atoms with van der Waals surface area (Å²) in [5.41, 5.74) is 0.617. The number of carbonyl (C=O) groups excluding carboxylic acids is 2. The number of benzene rings is 2. The van der Waals surface area contributed by atoms with Crippen LogP contribution < -0.4 is 10.6 Å². The number of rotatable bonds is 6. The number of anilines is 1. The van der Waals surface area contributed by atoms with Crippen LogP contribution >= 0.6 is 0 Å². The number of sulfonamides is 1. The molecule has 2 aromatic carbocycles. The summed E-state index contributed by atoms with van der Waals surface area (Å²) in [4.78, 5) is 24.1. The van der Waals surface area contributed by atoms with Gasteiger partial charge in [-0.1, -0.05) is 6.42 Å². The van der Waals surface area contributed by atoms with Gasteiger partial charge in [-0.3, -0.25) is 9.59 Å². The lowest BCUT2D eigenvalue weighted by Gasteiger charge is -2.35. The molecule has 0 radical (unpaired) electrons. The van der Waals surface area contributed by atoms with Gasteiger partial charge in [-0.25, -0.2) is 17.2 Å². The maximum absolute atomic E-state index is 13.4. The van der Waals surface area contributed by atoms with E-state index < -0.39 is 33.5 Å². The molecule has 32 heavy (non-hydrogen) atoms. The fraction of sp³-hybridized carbons (Fsp3) is 0.364. The Labute approximate surface area is 185 Å². The van der Waals surface area contributed by atoms with Crippen LogP contribution in [-0.4, -0.2) is 43.7 Å². The molecule has 1 heterocycles. The summed E-state index contributed by atoms with van der Waals surface area (Å²) in [7, 11) is -3.83. The number of aryl methyl sites for hydroxylation is 1. The molecule has 0 aromatic heterocycles. The topological polar surface area (TPSA) is 95.6 Å². The maximum atomic E-state index is 13.4. The average Bonchev–Trinajstić information content (AvgIpc) is 2.75. The highest BCUT2D eigenvalue weighted by molar-refractivity contribution is 7.89. The Kier molecular flexibility index (Phi) is 7.57. The van der Waals surface area contributed by atoms with Crippen molar-refractivity contribution in [3.8, 4) is 0 Å². The molecule has 0 spiro atoms. The molecule has 2 aromatic rings. The second-order valence-corrected chi connectivity index (χ2v) is 9.54. The van der Waals surface area contributed by atoms with E-state index in [1.807, 2.05) is 0 Å². The van der Waals surface area contributed by atoms with Crippen molar-refractivity contribution >= 4 is 27.5 Å². The molecule has 172 valence electrons. The minimum atomic E-state index is -3.83. The highest BCUT2D eigenvalue weighted by Crippen LogP contribution is 2.28. The SMILES string of the molecule is Cc1cc(F)ccc1S(=O)(=O)N1CCCCC1CCNC(=O)C(=O)Nc1ccc(F)cc1. The molecule has 1 fully saturated rings. The predicted molar refractivity (Wildman–Crippen MR) is 115 cm³/mol. The van der Waals surface area contributed by atoms with Gasteiger partial charge < -0.3 is 10.6 Å². The van der Waals surface area contributed by atoms with Crippen LogP contribution in [0.5, 0.6) is 0 Å². The van der Waals surface area contributed by atoms with Crippen molar-refractivity contribution < 1.29 is 26.8 Å². The molecule has 1 saturated heterocycles. The Morgan fingerprint density at radius 2 is 1.72 bits per heavy atom. The van der Waals surface area contributed by atoms with Crippen molar-refractivity contribution in [1.82, 2.24) is 9.62 Å². The van der Waals surface area contributed by atoms with E-state index in [9.17, 15) is 26.8 Å². The standard InChI is InChI=1S/C22H25F2N3O4S/c1-15-14-17(24)7-10-20(15)32(30,31)27-13-3-2-4-19(27)11-12-25-21(28)22(29)26-18-8-5-16(23)6-9-18/h5-10,14,19H,2-4,11-13H2,1H3,(H,25,28)(H,26,29). The highest BCUT2D eigenvalue weighted by atomic mass is 32.2. The lowest BCUT2D eigenvalue weighted by atomic mass is 10.0. The van der Waals surface area contributed by atoms with Gasteiger partial charge in [0, 0.05) is 24.8 Å². The monoisotopic (exact) mass is 465 g/mol. The van der Waals surface area contributed by atoms with Crippen LogP contribution in [-0.2, 0) is 19.6 Å². The second kappa shape index (κ2) is 10.2. The van der Waals surface area contributed by atoms with Crippen molar-refractivity contribution in [3.63, 3.8) is 0 Å². The third kappa shape index (κ3) is 5.68. The summed E-state index contributed by atoms with van der Waals surface area (Å²) < 4.78 is 54.1. The smallest absolute Gasteiger partial charge is 0.313 e. The van der Waals surface area contributed by atoms with Crippen molar-refractivity contribution in [3.05, 3.63) is 59.7 Å². The first kappa shape index (κ1) is 23.8. The second-order valence-electron chi connectivity index (χ2n) is 7.68. The van der Waals surface area contributed by atoms with E-state index in [1.54, 1.807) is 6.92 Å². The van der Waals surface area contributed by atoms with E-state index in [0.717, 1.165) is 24.6 Å². The average molecular weight is 466 g/mol. The molecule has 10 heteroatoms. The predicted octanol–water partition coefficient (Wildman–Crippen LogP) is 2.96. The van der Waals surface area contributed by atoms with Gasteiger partial charge in [0.25, 0.3) is 0 Å². The van der Waals surface area contributed by atoms with Gasteiger partial charge in [0.2, 0.25) is 10.0 Å². The van der Waals surface area contributed by atoms with E-state index in [2.05, 4.69) is 10.6 Å². The number of piperidine rings is 1. The number of nitrogens with one attached hydrogen (secondary N) is 2. The first-order chi connectivity index (χ1) is 15.2. The van der Waals surface area contributed by atoms with Crippen LogP contribution in [0.4, 0.5) is 14.5 Å². The minimum Gasteiger partial charge on any atom is -0.348 e. The quantitative estimate of drug-likeness (QED) is 0.642. The summed E-state index contributed by atoms with van der Waals surface area (Å²) in [5, 5.41) is 4.86. The Morgan fingerprint density at radius 3 is 2.41 bits per heavy atom. The van der Waals surface area contributed by atoms with Crippen molar-refractivity contribution in [1.29, 1.82) is 0 Å². The van der Waals surface area contributed by atoms with Crippen molar-refractivity contribution in [2.24, 2.45) is 0 Å². The van der Waals surface area contributed by atoms with Gasteiger partial charge in [-0.15, -0.1) is 0 Å². The number of nitrogens with zero attached hydrogens (tertiary/aromatic N) is 1. The summed E-state index contributed by atoms with van der Waals surface area (Å²) in [6.45, 7) is 1.99. The van der Waals surface area contributed by atoms with Gasteiger partial charge in [0.1, 0.15) is 11.6 Å². The fourth-order valence-corrected chi connectivity index (χ4v) is 5.69. The first-order valence-corrected chi connectivity index (χ1v) is 11.8. The normalized spacial score (nSPS) is 17.0. The number of halogens is 2. The molecular weight excluding hydrogens is 440 g/mol. The maximum Gasteiger partial charge on any atom is 0.313 e. The molecule has 2 N–H and O–H groups in total. The summed E-state index contributed by atoms with van der Waals surface area (Å²) in [6.07, 6.45) is 2.51. The van der Waals surface area contributed by atoms with Crippen LogP contribution in [0.3, 0.4) is 0 Å². The molecule has 2 amide bonds. The minimum absolute atomic E-state index is 0.0634. The zero-order valence-electron chi connectivity index (χ0n) is 17.6. The lowest BCUT2D eigenvalue weighted by molar-refractivity contribution is -0.136. The molecule has 1 atom stereocenters. The van der Waals surface area contributed by atoms with Crippen LogP contribution in [0.15, 0.2) is 47.4 Å². The molecule has 7 nitrogen and oxygen atoms in total. The number of carbonyl (C=O) groups is 2. The van der Waals surface area contributed by atoms with Crippen molar-refractivity contribution in [2.75, 3.05) is 18.4 Å². The lowest BCUT2D eigenvalue weighted by Crippen LogP contribution is -2.46. The fourth-order valence-electron chi connectivity index (χ4n) is 3.76. The van der Waals surface area contributed by atoms with Crippen LogP contribution in [0.1, 0.15) is 31.2 Å². The van der Waals surface area contributed by atoms with E-state index >= 15 is 0 Å². The molecule has 1 aliphatic heterocycles. The molecule has 1 unspecified atom stereocenters. The molecule has 0 saturated carbocycles. The molecule has 0 aliphatic carbocycles. The van der Waals surface area contributed by atoms with Crippen molar-refractivity contribution in [2.45, 2.75) is 43.5 Å². The Balaban J connectivity index is 1.60. The zero-order chi connectivity index (χ0) is 23.3. The van der Waals surface area contributed by atoms with E-state index in [0.29, 0.717) is 31.4 Å². The molecule has 3 rings (SSSR count). The number of hydrogen-bond donors (Lipinski definition) is 2. The van der Waals surface area contributed by atoms with E-state index in [4.69, 9.17) is 0 Å². The Hall–Kier alpha value is -2.85. The molecule has 1 aliphatic rings. The molecular formula is C22H25F2N3O4S. The highest BCUT2D eigenvalue weighted by Gasteiger charge is 2.34. The van der Waals surface area contributed by atoms with Crippen LogP contribution in [0, 0.1) is 18.6 Å².